The van der Waals surface area contributed by atoms with Gasteiger partial charge in [-0.1, -0.05) is 30.9 Å². The molecule has 0 amide bonds. The van der Waals surface area contributed by atoms with Gasteiger partial charge in [0.1, 0.15) is 0 Å². The third-order valence-electron chi connectivity index (χ3n) is 1.04. The molecular weight excluding hydrogens is 147 g/mol. The van der Waals surface area contributed by atoms with E-state index in [9.17, 15) is 0 Å². The third kappa shape index (κ3) is 5.68. The Hall–Kier alpha value is -0.196. The van der Waals surface area contributed by atoms with Crippen LogP contribution in [0.3, 0.4) is 0 Å². The first-order chi connectivity index (χ1) is 3.68. The van der Waals surface area contributed by atoms with E-state index in [1.54, 1.807) is 6.08 Å². The van der Waals surface area contributed by atoms with Gasteiger partial charge in [0, 0.05) is 18.6 Å². The molecule has 0 heterocycles. The number of allylic oxidation sites excluding steroid dienone is 4. The molecule has 0 unspecified atom stereocenters. The fourth-order valence-electron chi connectivity index (χ4n) is 0.319. The Kier molecular flexibility index (Phi) is 7.63. The SMILES string of the molecule is C=C/C=C(/C)C(=C)C.[V]. The van der Waals surface area contributed by atoms with E-state index in [2.05, 4.69) is 13.2 Å². The molecule has 0 aromatic carbocycles. The normalized spacial score (nSPS) is 9.78. The van der Waals surface area contributed by atoms with E-state index < -0.39 is 0 Å². The third-order valence-corrected chi connectivity index (χ3v) is 1.04. The van der Waals surface area contributed by atoms with Crippen molar-refractivity contribution in [3.63, 3.8) is 0 Å². The minimum absolute atomic E-state index is 0. The van der Waals surface area contributed by atoms with Gasteiger partial charge in [0.15, 0.2) is 0 Å². The molecule has 0 aliphatic heterocycles. The van der Waals surface area contributed by atoms with E-state index in [-0.39, 0.29) is 18.6 Å². The molecule has 0 aromatic rings. The van der Waals surface area contributed by atoms with Crippen LogP contribution in [0, 0.1) is 0 Å². The van der Waals surface area contributed by atoms with E-state index in [4.69, 9.17) is 0 Å². The van der Waals surface area contributed by atoms with Gasteiger partial charge in [-0.2, -0.15) is 0 Å². The first-order valence-corrected chi connectivity index (χ1v) is 2.63. The molecule has 0 fully saturated rings. The zero-order valence-electron chi connectivity index (χ0n) is 6.02. The molecule has 0 aliphatic rings. The average Bonchev–Trinajstić information content (AvgIpc) is 1.67. The summed E-state index contributed by atoms with van der Waals surface area (Å²) in [5.74, 6) is 0. The van der Waals surface area contributed by atoms with Gasteiger partial charge in [-0.15, -0.1) is 0 Å². The number of hydrogen-bond donors (Lipinski definition) is 0. The van der Waals surface area contributed by atoms with Crippen LogP contribution in [0.2, 0.25) is 0 Å². The molecule has 49 valence electrons. The molecule has 0 atom stereocenters. The van der Waals surface area contributed by atoms with Gasteiger partial charge in [-0.25, -0.2) is 0 Å². The summed E-state index contributed by atoms with van der Waals surface area (Å²) in [6, 6.07) is 0. The monoisotopic (exact) mass is 159 g/mol. The summed E-state index contributed by atoms with van der Waals surface area (Å²) in [5, 5.41) is 0. The topological polar surface area (TPSA) is 0 Å². The second kappa shape index (κ2) is 5.93. The van der Waals surface area contributed by atoms with Crippen molar-refractivity contribution < 1.29 is 18.6 Å². The molecule has 0 saturated carbocycles. The quantitative estimate of drug-likeness (QED) is 0.543. The molecule has 0 bridgehead atoms. The second-order valence-electron chi connectivity index (χ2n) is 1.87. The minimum atomic E-state index is 0. The van der Waals surface area contributed by atoms with Crippen molar-refractivity contribution in [3.8, 4) is 0 Å². The van der Waals surface area contributed by atoms with Gasteiger partial charge in [0.25, 0.3) is 0 Å². The van der Waals surface area contributed by atoms with Crippen LogP contribution in [0.15, 0.2) is 36.5 Å². The van der Waals surface area contributed by atoms with Crippen molar-refractivity contribution in [1.29, 1.82) is 0 Å². The van der Waals surface area contributed by atoms with Crippen LogP contribution >= 0.6 is 0 Å². The van der Waals surface area contributed by atoms with Crippen LogP contribution in [0.1, 0.15) is 13.8 Å². The summed E-state index contributed by atoms with van der Waals surface area (Å²) in [5.41, 5.74) is 2.30. The Morgan fingerprint density at radius 1 is 1.33 bits per heavy atom. The average molecular weight is 159 g/mol. The van der Waals surface area contributed by atoms with Gasteiger partial charge in [0.05, 0.1) is 0 Å². The van der Waals surface area contributed by atoms with Gasteiger partial charge in [-0.05, 0) is 19.4 Å². The minimum Gasteiger partial charge on any atom is -0.0991 e. The van der Waals surface area contributed by atoms with Crippen LogP contribution in [0.4, 0.5) is 0 Å². The largest absolute Gasteiger partial charge is 0.0991 e. The standard InChI is InChI=1S/C8H12.V/c1-5-6-8(4)7(2)3;/h5-6H,1-2H2,3-4H3;/b8-6-;. The summed E-state index contributed by atoms with van der Waals surface area (Å²) >= 11 is 0. The van der Waals surface area contributed by atoms with Crippen LogP contribution < -0.4 is 0 Å². The zero-order valence-corrected chi connectivity index (χ0v) is 7.41. The first-order valence-electron chi connectivity index (χ1n) is 2.63. The molecular formula is C8H12V. The summed E-state index contributed by atoms with van der Waals surface area (Å²) in [7, 11) is 0. The number of rotatable bonds is 2. The fourth-order valence-corrected chi connectivity index (χ4v) is 0.319. The zero-order chi connectivity index (χ0) is 6.57. The second-order valence-corrected chi connectivity index (χ2v) is 1.87. The van der Waals surface area contributed by atoms with Gasteiger partial charge >= 0.3 is 0 Å². The summed E-state index contributed by atoms with van der Waals surface area (Å²) in [6.07, 6.45) is 3.71. The summed E-state index contributed by atoms with van der Waals surface area (Å²) < 4.78 is 0. The van der Waals surface area contributed by atoms with Gasteiger partial charge in [-0.3, -0.25) is 0 Å². The fraction of sp³-hybridized carbons (Fsp3) is 0.250. The first kappa shape index (κ1) is 11.6. The smallest absolute Gasteiger partial charge is 0 e. The van der Waals surface area contributed by atoms with Crippen molar-refractivity contribution in [3.05, 3.63) is 36.5 Å². The molecule has 0 saturated heterocycles. The molecule has 1 heteroatoms. The molecule has 9 heavy (non-hydrogen) atoms. The Bertz CT molecular complexity index is 132. The molecule has 0 aliphatic carbocycles. The van der Waals surface area contributed by atoms with Crippen molar-refractivity contribution in [2.24, 2.45) is 0 Å². The van der Waals surface area contributed by atoms with Crippen LogP contribution in [0.25, 0.3) is 0 Å². The van der Waals surface area contributed by atoms with E-state index in [0.29, 0.717) is 0 Å². The van der Waals surface area contributed by atoms with Crippen LogP contribution in [-0.2, 0) is 18.6 Å². The maximum Gasteiger partial charge on any atom is 0 e. The molecule has 0 nitrogen and oxygen atoms in total. The number of hydrogen-bond acceptors (Lipinski definition) is 0. The maximum atomic E-state index is 3.76. The molecule has 0 aromatic heterocycles. The van der Waals surface area contributed by atoms with Crippen LogP contribution in [0.5, 0.6) is 0 Å². The molecule has 0 spiro atoms. The maximum absolute atomic E-state index is 3.76. The predicted octanol–water partition coefficient (Wildman–Crippen LogP) is 2.69. The van der Waals surface area contributed by atoms with E-state index >= 15 is 0 Å². The predicted molar refractivity (Wildman–Crippen MR) is 38.8 cm³/mol. The molecule has 1 radical (unpaired) electrons. The Labute approximate surface area is 69.2 Å². The van der Waals surface area contributed by atoms with E-state index in [1.807, 2.05) is 19.9 Å². The van der Waals surface area contributed by atoms with Crippen LogP contribution in [-0.4, -0.2) is 0 Å². The Balaban J connectivity index is 0. The van der Waals surface area contributed by atoms with Gasteiger partial charge in [0.2, 0.25) is 0 Å². The van der Waals surface area contributed by atoms with E-state index in [1.165, 1.54) is 5.57 Å². The summed E-state index contributed by atoms with van der Waals surface area (Å²) in [4.78, 5) is 0. The van der Waals surface area contributed by atoms with Crippen molar-refractivity contribution in [1.82, 2.24) is 0 Å². The molecule has 0 rings (SSSR count). The van der Waals surface area contributed by atoms with Crippen molar-refractivity contribution >= 4 is 0 Å². The Morgan fingerprint density at radius 2 is 1.78 bits per heavy atom. The van der Waals surface area contributed by atoms with Crippen molar-refractivity contribution in [2.75, 3.05) is 0 Å². The summed E-state index contributed by atoms with van der Waals surface area (Å²) in [6.45, 7) is 11.3. The van der Waals surface area contributed by atoms with Gasteiger partial charge < -0.3 is 0 Å². The molecule has 0 N–H and O–H groups in total. The van der Waals surface area contributed by atoms with E-state index in [0.717, 1.165) is 5.57 Å². The Morgan fingerprint density at radius 3 is 1.89 bits per heavy atom. The van der Waals surface area contributed by atoms with Crippen molar-refractivity contribution in [2.45, 2.75) is 13.8 Å².